The van der Waals surface area contributed by atoms with Gasteiger partial charge >= 0.3 is 6.03 Å². The van der Waals surface area contributed by atoms with Crippen LogP contribution >= 0.6 is 11.6 Å². The minimum atomic E-state index is -0.397. The van der Waals surface area contributed by atoms with Gasteiger partial charge in [-0.15, -0.1) is 0 Å². The van der Waals surface area contributed by atoms with Gasteiger partial charge in [0.05, 0.1) is 0 Å². The van der Waals surface area contributed by atoms with Crippen molar-refractivity contribution in [2.75, 3.05) is 17.7 Å². The van der Waals surface area contributed by atoms with Gasteiger partial charge in [0, 0.05) is 29.0 Å². The summed E-state index contributed by atoms with van der Waals surface area (Å²) < 4.78 is 0. The van der Waals surface area contributed by atoms with Gasteiger partial charge in [0.2, 0.25) is 0 Å². The molecule has 0 heterocycles. The Morgan fingerprint density at radius 2 is 1.62 bits per heavy atom. The third-order valence-corrected chi connectivity index (χ3v) is 2.96. The van der Waals surface area contributed by atoms with E-state index in [1.165, 1.54) is 0 Å². The van der Waals surface area contributed by atoms with E-state index in [9.17, 15) is 9.59 Å². The molecule has 2 aromatic rings. The number of carbonyl (C=O) groups is 2. The van der Waals surface area contributed by atoms with Crippen LogP contribution in [0.2, 0.25) is 5.02 Å². The van der Waals surface area contributed by atoms with Gasteiger partial charge in [-0.25, -0.2) is 4.79 Å². The van der Waals surface area contributed by atoms with Crippen molar-refractivity contribution in [2.45, 2.75) is 0 Å². The summed E-state index contributed by atoms with van der Waals surface area (Å²) in [6.07, 6.45) is 0. The lowest BCUT2D eigenvalue weighted by Crippen LogP contribution is -2.21. The molecule has 0 atom stereocenters. The number of nitrogens with one attached hydrogen (secondary N) is 3. The molecule has 108 valence electrons. The third kappa shape index (κ3) is 4.22. The molecule has 0 aromatic heterocycles. The predicted molar refractivity (Wildman–Crippen MR) is 83.9 cm³/mol. The maximum atomic E-state index is 11.9. The summed E-state index contributed by atoms with van der Waals surface area (Å²) in [4.78, 5) is 23.4. The van der Waals surface area contributed by atoms with Crippen molar-refractivity contribution in [1.82, 2.24) is 5.32 Å². The van der Waals surface area contributed by atoms with Crippen molar-refractivity contribution < 1.29 is 9.59 Å². The van der Waals surface area contributed by atoms with Crippen molar-refractivity contribution in [2.24, 2.45) is 0 Å². The highest BCUT2D eigenvalue weighted by Gasteiger charge is 2.06. The molecule has 5 nitrogen and oxygen atoms in total. The Balaban J connectivity index is 2.02. The van der Waals surface area contributed by atoms with E-state index in [0.29, 0.717) is 22.0 Å². The summed E-state index contributed by atoms with van der Waals surface area (Å²) in [5.41, 5.74) is 1.63. The van der Waals surface area contributed by atoms with E-state index in [0.717, 1.165) is 0 Å². The quantitative estimate of drug-likeness (QED) is 0.814. The lowest BCUT2D eigenvalue weighted by atomic mass is 10.2. The van der Waals surface area contributed by atoms with Crippen LogP contribution in [0.15, 0.2) is 48.5 Å². The maximum Gasteiger partial charge on any atom is 0.323 e. The van der Waals surface area contributed by atoms with Gasteiger partial charge in [-0.05, 0) is 42.5 Å². The highest BCUT2D eigenvalue weighted by molar-refractivity contribution is 6.30. The zero-order valence-electron chi connectivity index (χ0n) is 11.3. The molecule has 0 spiro atoms. The summed E-state index contributed by atoms with van der Waals surface area (Å²) in [6.45, 7) is 0. The molecular weight excluding hydrogens is 290 g/mol. The van der Waals surface area contributed by atoms with Crippen LogP contribution in [0.3, 0.4) is 0 Å². The summed E-state index contributed by atoms with van der Waals surface area (Å²) in [6, 6.07) is 13.0. The van der Waals surface area contributed by atoms with Crippen molar-refractivity contribution in [3.05, 3.63) is 59.1 Å². The number of carbonyl (C=O) groups excluding carboxylic acids is 2. The van der Waals surface area contributed by atoms with E-state index in [1.54, 1.807) is 55.6 Å². The monoisotopic (exact) mass is 303 g/mol. The molecule has 0 saturated carbocycles. The molecule has 0 saturated heterocycles. The Hall–Kier alpha value is -2.53. The van der Waals surface area contributed by atoms with Crippen molar-refractivity contribution in [3.8, 4) is 0 Å². The van der Waals surface area contributed by atoms with Gasteiger partial charge in [0.25, 0.3) is 5.91 Å². The van der Waals surface area contributed by atoms with Crippen LogP contribution in [0, 0.1) is 0 Å². The fourth-order valence-electron chi connectivity index (χ4n) is 1.71. The molecular formula is C15H14ClN3O2. The Morgan fingerprint density at radius 3 is 2.29 bits per heavy atom. The van der Waals surface area contributed by atoms with Crippen LogP contribution in [-0.2, 0) is 0 Å². The zero-order chi connectivity index (χ0) is 15.2. The summed E-state index contributed by atoms with van der Waals surface area (Å²) in [5, 5.41) is 8.46. The fraction of sp³-hybridized carbons (Fsp3) is 0.0667. The highest BCUT2D eigenvalue weighted by atomic mass is 35.5. The summed E-state index contributed by atoms with van der Waals surface area (Å²) in [7, 11) is 1.55. The van der Waals surface area contributed by atoms with Crippen LogP contribution in [-0.4, -0.2) is 19.0 Å². The largest absolute Gasteiger partial charge is 0.355 e. The van der Waals surface area contributed by atoms with Gasteiger partial charge in [-0.3, -0.25) is 4.79 Å². The molecule has 0 aliphatic heterocycles. The van der Waals surface area contributed by atoms with Crippen molar-refractivity contribution >= 4 is 34.9 Å². The molecule has 0 bridgehead atoms. The van der Waals surface area contributed by atoms with Gasteiger partial charge in [-0.2, -0.15) is 0 Å². The zero-order valence-corrected chi connectivity index (χ0v) is 12.1. The van der Waals surface area contributed by atoms with Gasteiger partial charge in [-0.1, -0.05) is 17.7 Å². The summed E-state index contributed by atoms with van der Waals surface area (Å²) in [5.74, 6) is -0.211. The number of rotatable bonds is 3. The van der Waals surface area contributed by atoms with E-state index in [4.69, 9.17) is 11.6 Å². The minimum absolute atomic E-state index is 0.211. The van der Waals surface area contributed by atoms with E-state index in [2.05, 4.69) is 16.0 Å². The number of hydrogen-bond acceptors (Lipinski definition) is 2. The second kappa shape index (κ2) is 6.76. The first-order valence-corrected chi connectivity index (χ1v) is 6.62. The number of halogens is 1. The molecule has 3 N–H and O–H groups in total. The second-order valence-electron chi connectivity index (χ2n) is 4.25. The molecule has 0 aliphatic carbocycles. The second-order valence-corrected chi connectivity index (χ2v) is 4.68. The van der Waals surface area contributed by atoms with Crippen molar-refractivity contribution in [3.63, 3.8) is 0 Å². The average Bonchev–Trinajstić information content (AvgIpc) is 2.49. The molecule has 0 radical (unpaired) electrons. The first kappa shape index (κ1) is 14.9. The smallest absolute Gasteiger partial charge is 0.323 e. The van der Waals surface area contributed by atoms with Gasteiger partial charge in [0.1, 0.15) is 0 Å². The predicted octanol–water partition coefficient (Wildman–Crippen LogP) is 3.34. The molecule has 2 rings (SSSR count). The minimum Gasteiger partial charge on any atom is -0.355 e. The first-order chi connectivity index (χ1) is 10.1. The molecule has 3 amide bonds. The maximum absolute atomic E-state index is 11.9. The molecule has 21 heavy (non-hydrogen) atoms. The molecule has 0 fully saturated rings. The molecule has 0 unspecified atom stereocenters. The van der Waals surface area contributed by atoms with E-state index >= 15 is 0 Å². The third-order valence-electron chi connectivity index (χ3n) is 2.71. The number of benzene rings is 2. The number of urea groups is 1. The normalized spacial score (nSPS) is 9.81. The Labute approximate surface area is 127 Å². The van der Waals surface area contributed by atoms with Crippen LogP contribution in [0.5, 0.6) is 0 Å². The van der Waals surface area contributed by atoms with Gasteiger partial charge in [0.15, 0.2) is 0 Å². The van der Waals surface area contributed by atoms with Crippen LogP contribution in [0.1, 0.15) is 10.4 Å². The fourth-order valence-corrected chi connectivity index (χ4v) is 1.84. The summed E-state index contributed by atoms with van der Waals surface area (Å²) >= 11 is 5.77. The standard InChI is InChI=1S/C15H14ClN3O2/c1-17-14(20)10-3-2-4-13(9-10)19-15(21)18-12-7-5-11(16)6-8-12/h2-9H,1H3,(H,17,20)(H2,18,19,21). The molecule has 2 aromatic carbocycles. The topological polar surface area (TPSA) is 70.2 Å². The average molecular weight is 304 g/mol. The van der Waals surface area contributed by atoms with E-state index in [1.807, 2.05) is 0 Å². The molecule has 6 heteroatoms. The number of hydrogen-bond donors (Lipinski definition) is 3. The number of anilines is 2. The van der Waals surface area contributed by atoms with Crippen LogP contribution in [0.25, 0.3) is 0 Å². The lowest BCUT2D eigenvalue weighted by Gasteiger charge is -2.08. The molecule has 0 aliphatic rings. The van der Waals surface area contributed by atoms with E-state index < -0.39 is 6.03 Å². The van der Waals surface area contributed by atoms with E-state index in [-0.39, 0.29) is 5.91 Å². The van der Waals surface area contributed by atoms with Crippen LogP contribution < -0.4 is 16.0 Å². The first-order valence-electron chi connectivity index (χ1n) is 6.24. The lowest BCUT2D eigenvalue weighted by molar-refractivity contribution is 0.0963. The van der Waals surface area contributed by atoms with Gasteiger partial charge < -0.3 is 16.0 Å². The Bertz CT molecular complexity index is 656. The highest BCUT2D eigenvalue weighted by Crippen LogP contribution is 2.15. The Morgan fingerprint density at radius 1 is 0.952 bits per heavy atom. The SMILES string of the molecule is CNC(=O)c1cccc(NC(=O)Nc2ccc(Cl)cc2)c1. The van der Waals surface area contributed by atoms with Crippen LogP contribution in [0.4, 0.5) is 16.2 Å². The Kier molecular flexibility index (Phi) is 4.79. The van der Waals surface area contributed by atoms with Crippen molar-refractivity contribution in [1.29, 1.82) is 0 Å². The number of amides is 3.